The van der Waals surface area contributed by atoms with Crippen molar-refractivity contribution in [2.24, 2.45) is 0 Å². The molecule has 0 aliphatic carbocycles. The van der Waals surface area contributed by atoms with Crippen LogP contribution in [0.5, 0.6) is 0 Å². The van der Waals surface area contributed by atoms with Crippen LogP contribution in [0.1, 0.15) is 20.3 Å². The van der Waals surface area contributed by atoms with Gasteiger partial charge < -0.3 is 9.84 Å². The molecule has 0 fully saturated rings. The standard InChI is InChI=1S/C11H17NO5S2/c1-3-6-17-11(14)10(8(2)13)12-19(15,16)9-5-4-7-18-9/h4-5,7-8,10,12-13H,3,6H2,1-2H3/t8-,10+/m0/s1. The minimum Gasteiger partial charge on any atom is -0.464 e. The van der Waals surface area contributed by atoms with Crippen molar-refractivity contribution in [1.29, 1.82) is 0 Å². The van der Waals surface area contributed by atoms with Crippen molar-refractivity contribution in [2.45, 2.75) is 36.6 Å². The monoisotopic (exact) mass is 307 g/mol. The maximum Gasteiger partial charge on any atom is 0.326 e. The summed E-state index contributed by atoms with van der Waals surface area (Å²) in [6.45, 7) is 3.33. The molecule has 0 spiro atoms. The molecule has 19 heavy (non-hydrogen) atoms. The molecule has 0 saturated carbocycles. The minimum atomic E-state index is -3.82. The third-order valence-electron chi connectivity index (χ3n) is 2.23. The van der Waals surface area contributed by atoms with Crippen LogP contribution in [0, 0.1) is 0 Å². The molecule has 0 radical (unpaired) electrons. The normalized spacial score (nSPS) is 14.9. The first-order chi connectivity index (χ1) is 8.88. The van der Waals surface area contributed by atoms with Crippen LogP contribution in [0.25, 0.3) is 0 Å². The van der Waals surface area contributed by atoms with E-state index >= 15 is 0 Å². The quantitative estimate of drug-likeness (QED) is 0.724. The van der Waals surface area contributed by atoms with Crippen molar-refractivity contribution in [3.63, 3.8) is 0 Å². The van der Waals surface area contributed by atoms with Gasteiger partial charge in [0.1, 0.15) is 10.3 Å². The lowest BCUT2D eigenvalue weighted by Crippen LogP contribution is -2.48. The van der Waals surface area contributed by atoms with E-state index in [4.69, 9.17) is 4.74 Å². The van der Waals surface area contributed by atoms with Gasteiger partial charge in [0.2, 0.25) is 0 Å². The fourth-order valence-corrected chi connectivity index (χ4v) is 3.55. The van der Waals surface area contributed by atoms with E-state index in [0.717, 1.165) is 11.3 Å². The lowest BCUT2D eigenvalue weighted by Gasteiger charge is -2.19. The first-order valence-electron chi connectivity index (χ1n) is 5.79. The van der Waals surface area contributed by atoms with Gasteiger partial charge in [0.05, 0.1) is 12.7 Å². The average Bonchev–Trinajstić information content (AvgIpc) is 2.87. The molecule has 2 atom stereocenters. The smallest absolute Gasteiger partial charge is 0.326 e. The second-order valence-electron chi connectivity index (χ2n) is 3.94. The van der Waals surface area contributed by atoms with Gasteiger partial charge in [0.25, 0.3) is 10.0 Å². The van der Waals surface area contributed by atoms with Crippen LogP contribution in [0.3, 0.4) is 0 Å². The van der Waals surface area contributed by atoms with Crippen LogP contribution in [0.4, 0.5) is 0 Å². The number of aliphatic hydroxyl groups excluding tert-OH is 1. The van der Waals surface area contributed by atoms with Gasteiger partial charge in [-0.2, -0.15) is 4.72 Å². The highest BCUT2D eigenvalue weighted by atomic mass is 32.2. The number of carbonyl (C=O) groups is 1. The summed E-state index contributed by atoms with van der Waals surface area (Å²) in [7, 11) is -3.82. The van der Waals surface area contributed by atoms with Gasteiger partial charge in [-0.05, 0) is 24.8 Å². The van der Waals surface area contributed by atoms with E-state index in [1.807, 2.05) is 6.92 Å². The first kappa shape index (κ1) is 16.1. The van der Waals surface area contributed by atoms with E-state index in [-0.39, 0.29) is 10.8 Å². The van der Waals surface area contributed by atoms with Gasteiger partial charge in [0.15, 0.2) is 0 Å². The Hall–Kier alpha value is -0.960. The molecule has 0 unspecified atom stereocenters. The highest BCUT2D eigenvalue weighted by molar-refractivity contribution is 7.91. The van der Waals surface area contributed by atoms with Crippen molar-refractivity contribution < 1.29 is 23.1 Å². The predicted molar refractivity (Wildman–Crippen MR) is 71.4 cm³/mol. The number of rotatable bonds is 7. The molecule has 0 aliphatic heterocycles. The van der Waals surface area contributed by atoms with Gasteiger partial charge in [-0.25, -0.2) is 8.42 Å². The third-order valence-corrected chi connectivity index (χ3v) is 5.07. The Morgan fingerprint density at radius 3 is 2.74 bits per heavy atom. The van der Waals surface area contributed by atoms with E-state index in [9.17, 15) is 18.3 Å². The maximum absolute atomic E-state index is 12.0. The molecular weight excluding hydrogens is 290 g/mol. The SMILES string of the molecule is CCCOC(=O)[C@H](NS(=O)(=O)c1cccs1)[C@H](C)O. The van der Waals surface area contributed by atoms with Crippen LogP contribution < -0.4 is 4.72 Å². The molecule has 0 aromatic carbocycles. The number of ether oxygens (including phenoxy) is 1. The second-order valence-corrected chi connectivity index (χ2v) is 6.83. The van der Waals surface area contributed by atoms with Crippen molar-refractivity contribution in [2.75, 3.05) is 6.61 Å². The van der Waals surface area contributed by atoms with Crippen molar-refractivity contribution >= 4 is 27.3 Å². The minimum absolute atomic E-state index is 0.0847. The molecule has 108 valence electrons. The average molecular weight is 307 g/mol. The Bertz CT molecular complexity index is 495. The lowest BCUT2D eigenvalue weighted by atomic mass is 10.2. The number of esters is 1. The van der Waals surface area contributed by atoms with Crippen LogP contribution in [-0.4, -0.2) is 38.2 Å². The number of aliphatic hydroxyl groups is 1. The molecule has 2 N–H and O–H groups in total. The Kier molecular flexibility index (Phi) is 5.92. The zero-order valence-corrected chi connectivity index (χ0v) is 12.3. The summed E-state index contributed by atoms with van der Waals surface area (Å²) in [4.78, 5) is 11.7. The molecule has 6 nitrogen and oxygen atoms in total. The Labute approximate surface area is 116 Å². The van der Waals surface area contributed by atoms with Gasteiger partial charge in [0, 0.05) is 0 Å². The molecule has 0 saturated heterocycles. The molecular formula is C11H17NO5S2. The summed E-state index contributed by atoms with van der Waals surface area (Å²) in [5.74, 6) is -0.781. The van der Waals surface area contributed by atoms with E-state index in [1.165, 1.54) is 13.0 Å². The topological polar surface area (TPSA) is 92.7 Å². The lowest BCUT2D eigenvalue weighted by molar-refractivity contribution is -0.148. The Morgan fingerprint density at radius 2 is 2.26 bits per heavy atom. The Morgan fingerprint density at radius 1 is 1.58 bits per heavy atom. The fourth-order valence-electron chi connectivity index (χ4n) is 1.28. The van der Waals surface area contributed by atoms with Crippen molar-refractivity contribution in [3.05, 3.63) is 17.5 Å². The molecule has 1 rings (SSSR count). The first-order valence-corrected chi connectivity index (χ1v) is 8.15. The largest absolute Gasteiger partial charge is 0.464 e. The van der Waals surface area contributed by atoms with Gasteiger partial charge in [-0.3, -0.25) is 4.79 Å². The summed E-state index contributed by atoms with van der Waals surface area (Å²) in [5.41, 5.74) is 0. The van der Waals surface area contributed by atoms with E-state index in [0.29, 0.717) is 6.42 Å². The molecule has 8 heteroatoms. The van der Waals surface area contributed by atoms with Gasteiger partial charge >= 0.3 is 5.97 Å². The molecule has 0 amide bonds. The van der Waals surface area contributed by atoms with Gasteiger partial charge in [-0.15, -0.1) is 11.3 Å². The third kappa shape index (κ3) is 4.57. The maximum atomic E-state index is 12.0. The van der Waals surface area contributed by atoms with Gasteiger partial charge in [-0.1, -0.05) is 13.0 Å². The highest BCUT2D eigenvalue weighted by Crippen LogP contribution is 2.16. The molecule has 1 aromatic heterocycles. The van der Waals surface area contributed by atoms with Crippen LogP contribution >= 0.6 is 11.3 Å². The predicted octanol–water partition coefficient (Wildman–Crippen LogP) is 0.729. The van der Waals surface area contributed by atoms with Crippen LogP contribution in [0.2, 0.25) is 0 Å². The molecule has 1 aromatic rings. The Balaban J connectivity index is 2.82. The van der Waals surface area contributed by atoms with Crippen LogP contribution in [0.15, 0.2) is 21.7 Å². The molecule has 0 aliphatic rings. The summed E-state index contributed by atoms with van der Waals surface area (Å²) in [6.07, 6.45) is -0.560. The molecule has 1 heterocycles. The fraction of sp³-hybridized carbons (Fsp3) is 0.545. The highest BCUT2D eigenvalue weighted by Gasteiger charge is 2.31. The number of carbonyl (C=O) groups excluding carboxylic acids is 1. The van der Waals surface area contributed by atoms with Crippen molar-refractivity contribution in [3.8, 4) is 0 Å². The number of thiophene rings is 1. The summed E-state index contributed by atoms with van der Waals surface area (Å²) in [5, 5.41) is 11.1. The zero-order valence-electron chi connectivity index (χ0n) is 10.7. The van der Waals surface area contributed by atoms with E-state index in [2.05, 4.69) is 4.72 Å². The number of hydrogen-bond donors (Lipinski definition) is 2. The van der Waals surface area contributed by atoms with E-state index in [1.54, 1.807) is 11.4 Å². The second kappa shape index (κ2) is 6.99. The van der Waals surface area contributed by atoms with Crippen molar-refractivity contribution in [1.82, 2.24) is 4.72 Å². The summed E-state index contributed by atoms with van der Waals surface area (Å²) >= 11 is 1.03. The summed E-state index contributed by atoms with van der Waals surface area (Å²) in [6, 6.07) is 1.70. The molecule has 0 bridgehead atoms. The summed E-state index contributed by atoms with van der Waals surface area (Å²) < 4.78 is 31.0. The van der Waals surface area contributed by atoms with E-state index < -0.39 is 28.1 Å². The van der Waals surface area contributed by atoms with Crippen LogP contribution in [-0.2, 0) is 19.6 Å². The number of nitrogens with one attached hydrogen (secondary N) is 1. The number of hydrogen-bond acceptors (Lipinski definition) is 6. The number of sulfonamides is 1. The zero-order chi connectivity index (χ0) is 14.5.